The van der Waals surface area contributed by atoms with E-state index in [0.29, 0.717) is 11.9 Å². The zero-order valence-corrected chi connectivity index (χ0v) is 12.6. The molecule has 1 aliphatic rings. The summed E-state index contributed by atoms with van der Waals surface area (Å²) in [6, 6.07) is 3.93. The molecule has 3 rings (SSSR count). The quantitative estimate of drug-likeness (QED) is 0.939. The molecule has 0 saturated heterocycles. The fourth-order valence-corrected chi connectivity index (χ4v) is 3.58. The number of hydrogen-bond donors (Lipinski definition) is 1. The number of rotatable bonds is 4. The van der Waals surface area contributed by atoms with Gasteiger partial charge in [0.2, 0.25) is 0 Å². The summed E-state index contributed by atoms with van der Waals surface area (Å²) in [5.74, 6) is -1.26. The molecular weight excluding hydrogens is 286 g/mol. The van der Waals surface area contributed by atoms with E-state index in [1.54, 1.807) is 6.07 Å². The highest BCUT2D eigenvalue weighted by Crippen LogP contribution is 2.39. The van der Waals surface area contributed by atoms with Crippen LogP contribution in [0.15, 0.2) is 24.4 Å². The maximum Gasteiger partial charge on any atom is 0.152 e. The second-order valence-corrected chi connectivity index (χ2v) is 6.34. The Hall–Kier alpha value is -1.75. The molecule has 3 nitrogen and oxygen atoms in total. The number of halogens is 2. The Morgan fingerprint density at radius 3 is 2.68 bits per heavy atom. The number of fused-ring (bicyclic) bond motifs is 1. The predicted molar refractivity (Wildman–Crippen MR) is 82.9 cm³/mol. The molecule has 0 unspecified atom stereocenters. The number of benzene rings is 1. The molecule has 2 aromatic rings. The van der Waals surface area contributed by atoms with Crippen molar-refractivity contribution in [1.29, 1.82) is 0 Å². The van der Waals surface area contributed by atoms with Gasteiger partial charge in [0.1, 0.15) is 11.3 Å². The molecule has 0 spiro atoms. The largest absolute Gasteiger partial charge is 0.396 e. The standard InChI is InChI=1S/C17H20F2N2O/c1-21(10-17(11-22)5-2-3-6-17)15-4-7-20-16-13(15)8-12(18)9-14(16)19/h4,7-9,22H,2-3,5-6,10-11H2,1H3. The van der Waals surface area contributed by atoms with E-state index < -0.39 is 11.6 Å². The fraction of sp³-hybridized carbons (Fsp3) is 0.471. The topological polar surface area (TPSA) is 36.4 Å². The number of aromatic nitrogens is 1. The van der Waals surface area contributed by atoms with Gasteiger partial charge in [0.15, 0.2) is 5.82 Å². The summed E-state index contributed by atoms with van der Waals surface area (Å²) in [5.41, 5.74) is 0.800. The van der Waals surface area contributed by atoms with Crippen molar-refractivity contribution in [2.75, 3.05) is 25.1 Å². The van der Waals surface area contributed by atoms with Gasteiger partial charge in [0, 0.05) is 42.3 Å². The summed E-state index contributed by atoms with van der Waals surface area (Å²) < 4.78 is 27.4. The van der Waals surface area contributed by atoms with Crippen molar-refractivity contribution in [3.05, 3.63) is 36.0 Å². The minimum Gasteiger partial charge on any atom is -0.396 e. The molecule has 1 aliphatic carbocycles. The van der Waals surface area contributed by atoms with Gasteiger partial charge in [0.05, 0.1) is 6.61 Å². The van der Waals surface area contributed by atoms with Crippen molar-refractivity contribution in [3.8, 4) is 0 Å². The average Bonchev–Trinajstić information content (AvgIpc) is 2.95. The summed E-state index contributed by atoms with van der Waals surface area (Å²) in [4.78, 5) is 5.99. The van der Waals surface area contributed by atoms with Crippen LogP contribution in [0.2, 0.25) is 0 Å². The molecule has 5 heteroatoms. The first-order valence-corrected chi connectivity index (χ1v) is 7.60. The lowest BCUT2D eigenvalue weighted by Gasteiger charge is -2.33. The van der Waals surface area contributed by atoms with Crippen LogP contribution in [0.3, 0.4) is 0 Å². The molecule has 0 amide bonds. The minimum atomic E-state index is -0.650. The van der Waals surface area contributed by atoms with Gasteiger partial charge < -0.3 is 10.0 Å². The first kappa shape index (κ1) is 15.2. The highest BCUT2D eigenvalue weighted by Gasteiger charge is 2.34. The Bertz CT molecular complexity index is 684. The Morgan fingerprint density at radius 2 is 2.00 bits per heavy atom. The van der Waals surface area contributed by atoms with Crippen molar-refractivity contribution >= 4 is 16.6 Å². The Labute approximate surface area is 128 Å². The van der Waals surface area contributed by atoms with Crippen LogP contribution in [0.1, 0.15) is 25.7 Å². The molecule has 118 valence electrons. The molecule has 0 radical (unpaired) electrons. The number of anilines is 1. The summed E-state index contributed by atoms with van der Waals surface area (Å²) in [6.45, 7) is 0.809. The van der Waals surface area contributed by atoms with E-state index in [4.69, 9.17) is 0 Å². The minimum absolute atomic E-state index is 0.115. The zero-order chi connectivity index (χ0) is 15.7. The molecule has 1 N–H and O–H groups in total. The third-order valence-corrected chi connectivity index (χ3v) is 4.72. The summed E-state index contributed by atoms with van der Waals surface area (Å²) in [7, 11) is 1.90. The van der Waals surface area contributed by atoms with Crippen molar-refractivity contribution < 1.29 is 13.9 Å². The molecular formula is C17H20F2N2O. The highest BCUT2D eigenvalue weighted by atomic mass is 19.1. The van der Waals surface area contributed by atoms with E-state index in [1.807, 2.05) is 11.9 Å². The Balaban J connectivity index is 1.99. The van der Waals surface area contributed by atoms with E-state index in [0.717, 1.165) is 37.4 Å². The lowest BCUT2D eigenvalue weighted by atomic mass is 9.86. The third-order valence-electron chi connectivity index (χ3n) is 4.72. The molecule has 1 aromatic carbocycles. The van der Waals surface area contributed by atoms with Gasteiger partial charge in [-0.15, -0.1) is 0 Å². The highest BCUT2D eigenvalue weighted by molar-refractivity contribution is 5.91. The third kappa shape index (κ3) is 2.65. The first-order valence-electron chi connectivity index (χ1n) is 7.60. The predicted octanol–water partition coefficient (Wildman–Crippen LogP) is 3.50. The summed E-state index contributed by atoms with van der Waals surface area (Å²) in [6.07, 6.45) is 5.75. The molecule has 22 heavy (non-hydrogen) atoms. The lowest BCUT2D eigenvalue weighted by Crippen LogP contribution is -2.36. The van der Waals surface area contributed by atoms with Crippen LogP contribution in [0.4, 0.5) is 14.5 Å². The zero-order valence-electron chi connectivity index (χ0n) is 12.6. The molecule has 1 aromatic heterocycles. The van der Waals surface area contributed by atoms with Gasteiger partial charge in [-0.1, -0.05) is 12.8 Å². The summed E-state index contributed by atoms with van der Waals surface area (Å²) in [5, 5.41) is 10.2. The molecule has 1 heterocycles. The molecule has 0 aliphatic heterocycles. The van der Waals surface area contributed by atoms with Gasteiger partial charge >= 0.3 is 0 Å². The maximum atomic E-state index is 13.9. The smallest absolute Gasteiger partial charge is 0.152 e. The Kier molecular flexibility index (Phi) is 4.00. The molecule has 0 atom stereocenters. The van der Waals surface area contributed by atoms with Crippen LogP contribution in [0, 0.1) is 17.0 Å². The van der Waals surface area contributed by atoms with Crippen LogP contribution in [-0.4, -0.2) is 30.3 Å². The molecule has 1 saturated carbocycles. The van der Waals surface area contributed by atoms with Gasteiger partial charge in [-0.05, 0) is 25.0 Å². The molecule has 0 bridgehead atoms. The van der Waals surface area contributed by atoms with E-state index in [2.05, 4.69) is 4.98 Å². The van der Waals surface area contributed by atoms with Crippen LogP contribution in [0.5, 0.6) is 0 Å². The first-order chi connectivity index (χ1) is 10.5. The SMILES string of the molecule is CN(CC1(CO)CCCC1)c1ccnc2c(F)cc(F)cc12. The van der Waals surface area contributed by atoms with Gasteiger partial charge in [0.25, 0.3) is 0 Å². The van der Waals surface area contributed by atoms with E-state index >= 15 is 0 Å². The van der Waals surface area contributed by atoms with E-state index in [-0.39, 0.29) is 17.5 Å². The number of pyridine rings is 1. The maximum absolute atomic E-state index is 13.9. The van der Waals surface area contributed by atoms with Gasteiger partial charge in [-0.25, -0.2) is 8.78 Å². The Morgan fingerprint density at radius 1 is 1.27 bits per heavy atom. The summed E-state index contributed by atoms with van der Waals surface area (Å²) >= 11 is 0. The second kappa shape index (κ2) is 5.80. The van der Waals surface area contributed by atoms with Crippen molar-refractivity contribution in [3.63, 3.8) is 0 Å². The van der Waals surface area contributed by atoms with Gasteiger partial charge in [-0.3, -0.25) is 4.98 Å². The van der Waals surface area contributed by atoms with Crippen molar-refractivity contribution in [2.45, 2.75) is 25.7 Å². The van der Waals surface area contributed by atoms with Crippen molar-refractivity contribution in [2.24, 2.45) is 5.41 Å². The molecule has 1 fully saturated rings. The number of hydrogen-bond acceptors (Lipinski definition) is 3. The van der Waals surface area contributed by atoms with E-state index in [1.165, 1.54) is 12.3 Å². The average molecular weight is 306 g/mol. The van der Waals surface area contributed by atoms with Crippen LogP contribution in [0.25, 0.3) is 10.9 Å². The monoisotopic (exact) mass is 306 g/mol. The number of nitrogens with zero attached hydrogens (tertiary/aromatic N) is 2. The lowest BCUT2D eigenvalue weighted by molar-refractivity contribution is 0.137. The second-order valence-electron chi connectivity index (χ2n) is 6.34. The van der Waals surface area contributed by atoms with Crippen LogP contribution in [-0.2, 0) is 0 Å². The van der Waals surface area contributed by atoms with E-state index in [9.17, 15) is 13.9 Å². The normalized spacial score (nSPS) is 17.1. The van der Waals surface area contributed by atoms with Crippen LogP contribution >= 0.6 is 0 Å². The number of aliphatic hydroxyl groups excluding tert-OH is 1. The van der Waals surface area contributed by atoms with Gasteiger partial charge in [-0.2, -0.15) is 0 Å². The van der Waals surface area contributed by atoms with Crippen LogP contribution < -0.4 is 4.90 Å². The van der Waals surface area contributed by atoms with Crippen molar-refractivity contribution in [1.82, 2.24) is 4.98 Å². The number of aliphatic hydroxyl groups is 1. The fourth-order valence-electron chi connectivity index (χ4n) is 3.58.